The zero-order valence-electron chi connectivity index (χ0n) is 13.7. The molecule has 0 aliphatic heterocycles. The van der Waals surface area contributed by atoms with Crippen LogP contribution in [-0.4, -0.2) is 27.0 Å². The number of fused-ring (bicyclic) bond motifs is 2. The SMILES string of the molecule is C[C@H]1CCc2sc(C(=O)NCCc3nnc4ccccn34)cc2C1. The summed E-state index contributed by atoms with van der Waals surface area (Å²) < 4.78 is 1.96. The molecule has 1 N–H and O–H groups in total. The van der Waals surface area contributed by atoms with Gasteiger partial charge in [-0.1, -0.05) is 13.0 Å². The van der Waals surface area contributed by atoms with Crippen LogP contribution in [0.3, 0.4) is 0 Å². The smallest absolute Gasteiger partial charge is 0.261 e. The summed E-state index contributed by atoms with van der Waals surface area (Å²) >= 11 is 1.65. The van der Waals surface area contributed by atoms with Crippen LogP contribution >= 0.6 is 11.3 Å². The van der Waals surface area contributed by atoms with Crippen molar-refractivity contribution in [3.63, 3.8) is 0 Å². The Kier molecular flexibility index (Phi) is 4.06. The average molecular weight is 340 g/mol. The maximum absolute atomic E-state index is 12.4. The Labute approximate surface area is 144 Å². The Morgan fingerprint density at radius 2 is 2.33 bits per heavy atom. The number of nitrogens with zero attached hydrogens (tertiary/aromatic N) is 3. The average Bonchev–Trinajstić information content (AvgIpc) is 3.18. The maximum atomic E-state index is 12.4. The van der Waals surface area contributed by atoms with Gasteiger partial charge in [-0.15, -0.1) is 21.5 Å². The van der Waals surface area contributed by atoms with Crippen LogP contribution < -0.4 is 5.32 Å². The van der Waals surface area contributed by atoms with Crippen LogP contribution in [0, 0.1) is 5.92 Å². The molecule has 124 valence electrons. The van der Waals surface area contributed by atoms with Gasteiger partial charge in [0.1, 0.15) is 5.82 Å². The van der Waals surface area contributed by atoms with E-state index in [9.17, 15) is 4.79 Å². The molecular formula is C18H20N4OS. The molecule has 24 heavy (non-hydrogen) atoms. The molecule has 3 aromatic heterocycles. The highest BCUT2D eigenvalue weighted by Crippen LogP contribution is 2.32. The van der Waals surface area contributed by atoms with Crippen molar-refractivity contribution in [2.24, 2.45) is 5.92 Å². The minimum atomic E-state index is 0.0240. The Morgan fingerprint density at radius 1 is 1.42 bits per heavy atom. The largest absolute Gasteiger partial charge is 0.351 e. The molecule has 0 radical (unpaired) electrons. The van der Waals surface area contributed by atoms with Gasteiger partial charge in [0, 0.05) is 24.0 Å². The second-order valence-corrected chi connectivity index (χ2v) is 7.59. The first kappa shape index (κ1) is 15.3. The summed E-state index contributed by atoms with van der Waals surface area (Å²) in [6, 6.07) is 7.90. The van der Waals surface area contributed by atoms with Crippen molar-refractivity contribution in [1.82, 2.24) is 19.9 Å². The number of carbonyl (C=O) groups excluding carboxylic acids is 1. The van der Waals surface area contributed by atoms with Crippen molar-refractivity contribution in [3.05, 3.63) is 51.6 Å². The van der Waals surface area contributed by atoms with Crippen LogP contribution in [-0.2, 0) is 19.3 Å². The molecule has 3 aromatic rings. The maximum Gasteiger partial charge on any atom is 0.261 e. The number of rotatable bonds is 4. The predicted octanol–water partition coefficient (Wildman–Crippen LogP) is 2.89. The van der Waals surface area contributed by atoms with Gasteiger partial charge in [-0.25, -0.2) is 0 Å². The van der Waals surface area contributed by atoms with Crippen molar-refractivity contribution in [1.29, 1.82) is 0 Å². The first-order chi connectivity index (χ1) is 11.7. The topological polar surface area (TPSA) is 59.3 Å². The highest BCUT2D eigenvalue weighted by Gasteiger charge is 2.20. The molecule has 0 saturated heterocycles. The summed E-state index contributed by atoms with van der Waals surface area (Å²) in [5.41, 5.74) is 2.20. The quantitative estimate of drug-likeness (QED) is 0.794. The first-order valence-electron chi connectivity index (χ1n) is 8.39. The lowest BCUT2D eigenvalue weighted by molar-refractivity contribution is 0.0958. The summed E-state index contributed by atoms with van der Waals surface area (Å²) in [6.07, 6.45) is 6.06. The molecule has 0 saturated carbocycles. The molecule has 3 heterocycles. The van der Waals surface area contributed by atoms with Crippen molar-refractivity contribution in [3.8, 4) is 0 Å². The number of aromatic nitrogens is 3. The Hall–Kier alpha value is -2.21. The number of thiophene rings is 1. The lowest BCUT2D eigenvalue weighted by Gasteiger charge is -2.16. The van der Waals surface area contributed by atoms with Gasteiger partial charge in [0.2, 0.25) is 0 Å². The van der Waals surface area contributed by atoms with Crippen LogP contribution in [0.1, 0.15) is 39.3 Å². The van der Waals surface area contributed by atoms with E-state index < -0.39 is 0 Å². The summed E-state index contributed by atoms with van der Waals surface area (Å²) in [7, 11) is 0. The number of aryl methyl sites for hydroxylation is 1. The number of pyridine rings is 1. The molecule has 0 aromatic carbocycles. The lowest BCUT2D eigenvalue weighted by Crippen LogP contribution is -2.25. The van der Waals surface area contributed by atoms with E-state index in [1.54, 1.807) is 11.3 Å². The fourth-order valence-electron chi connectivity index (χ4n) is 3.25. The third-order valence-corrected chi connectivity index (χ3v) is 5.81. The molecule has 5 nitrogen and oxygen atoms in total. The van der Waals surface area contributed by atoms with Crippen molar-refractivity contribution >= 4 is 22.9 Å². The summed E-state index contributed by atoms with van der Waals surface area (Å²) in [4.78, 5) is 14.6. The van der Waals surface area contributed by atoms with Crippen LogP contribution in [0.25, 0.3) is 5.65 Å². The Bertz CT molecular complexity index is 882. The number of hydrogen-bond donors (Lipinski definition) is 1. The van der Waals surface area contributed by atoms with Crippen LogP contribution in [0.15, 0.2) is 30.5 Å². The summed E-state index contributed by atoms with van der Waals surface area (Å²) in [6.45, 7) is 2.84. The molecule has 1 amide bonds. The van der Waals surface area contributed by atoms with Gasteiger partial charge in [-0.05, 0) is 48.9 Å². The third kappa shape index (κ3) is 2.94. The van der Waals surface area contributed by atoms with Gasteiger partial charge >= 0.3 is 0 Å². The minimum absolute atomic E-state index is 0.0240. The van der Waals surface area contributed by atoms with Gasteiger partial charge in [0.05, 0.1) is 4.88 Å². The highest BCUT2D eigenvalue weighted by atomic mass is 32.1. The second kappa shape index (κ2) is 6.36. The van der Waals surface area contributed by atoms with E-state index in [0.717, 1.165) is 35.1 Å². The number of nitrogens with one attached hydrogen (secondary N) is 1. The monoisotopic (exact) mass is 340 g/mol. The van der Waals surface area contributed by atoms with E-state index in [2.05, 4.69) is 28.5 Å². The van der Waals surface area contributed by atoms with Crippen molar-refractivity contribution in [2.45, 2.75) is 32.6 Å². The summed E-state index contributed by atoms with van der Waals surface area (Å²) in [5, 5.41) is 11.3. The molecular weight excluding hydrogens is 320 g/mol. The molecule has 1 atom stereocenters. The van der Waals surface area contributed by atoms with Gasteiger partial charge in [0.25, 0.3) is 5.91 Å². The number of carbonyl (C=O) groups is 1. The van der Waals surface area contributed by atoms with Crippen LogP contribution in [0.2, 0.25) is 0 Å². The Morgan fingerprint density at radius 3 is 3.25 bits per heavy atom. The van der Waals surface area contributed by atoms with E-state index in [1.165, 1.54) is 16.9 Å². The molecule has 1 aliphatic rings. The van der Waals surface area contributed by atoms with Crippen LogP contribution in [0.5, 0.6) is 0 Å². The van der Waals surface area contributed by atoms with Gasteiger partial charge in [0.15, 0.2) is 5.65 Å². The van der Waals surface area contributed by atoms with E-state index in [1.807, 2.05) is 28.8 Å². The molecule has 6 heteroatoms. The third-order valence-electron chi connectivity index (χ3n) is 4.57. The zero-order valence-corrected chi connectivity index (χ0v) is 14.5. The lowest BCUT2D eigenvalue weighted by atomic mass is 9.90. The number of hydrogen-bond acceptors (Lipinski definition) is 4. The fourth-order valence-corrected chi connectivity index (χ4v) is 4.38. The zero-order chi connectivity index (χ0) is 16.5. The fraction of sp³-hybridized carbons (Fsp3) is 0.389. The van der Waals surface area contributed by atoms with E-state index in [-0.39, 0.29) is 5.91 Å². The molecule has 0 fully saturated rings. The van der Waals surface area contributed by atoms with Crippen LogP contribution in [0.4, 0.5) is 0 Å². The molecule has 4 rings (SSSR count). The standard InChI is InChI=1S/C18H20N4OS/c1-12-5-6-14-13(10-12)11-15(24-14)18(23)19-8-7-17-21-20-16-4-2-3-9-22(16)17/h2-4,9,11-12H,5-8,10H2,1H3,(H,19,23)/t12-/m0/s1. The van der Waals surface area contributed by atoms with Gasteiger partial charge in [-0.3, -0.25) is 9.20 Å². The van der Waals surface area contributed by atoms with Gasteiger partial charge in [-0.2, -0.15) is 0 Å². The second-order valence-electron chi connectivity index (χ2n) is 6.46. The normalized spacial score (nSPS) is 17.0. The first-order valence-corrected chi connectivity index (χ1v) is 9.21. The molecule has 0 spiro atoms. The predicted molar refractivity (Wildman–Crippen MR) is 94.5 cm³/mol. The minimum Gasteiger partial charge on any atom is -0.351 e. The summed E-state index contributed by atoms with van der Waals surface area (Å²) in [5.74, 6) is 1.62. The van der Waals surface area contributed by atoms with E-state index in [0.29, 0.717) is 13.0 Å². The van der Waals surface area contributed by atoms with Gasteiger partial charge < -0.3 is 5.32 Å². The molecule has 0 unspecified atom stereocenters. The molecule has 0 bridgehead atoms. The van der Waals surface area contributed by atoms with Crippen molar-refractivity contribution in [2.75, 3.05) is 6.54 Å². The molecule has 1 aliphatic carbocycles. The highest BCUT2D eigenvalue weighted by molar-refractivity contribution is 7.14. The van der Waals surface area contributed by atoms with Crippen molar-refractivity contribution < 1.29 is 4.79 Å². The number of amides is 1. The van der Waals surface area contributed by atoms with E-state index >= 15 is 0 Å². The Balaban J connectivity index is 1.38. The van der Waals surface area contributed by atoms with E-state index in [4.69, 9.17) is 0 Å².